The number of alkyl halides is 1. The van der Waals surface area contributed by atoms with Crippen LogP contribution in [-0.2, 0) is 11.2 Å². The van der Waals surface area contributed by atoms with Crippen molar-refractivity contribution in [1.82, 2.24) is 0 Å². The number of aryl methyl sites for hydroxylation is 1. The number of carboxylic acid groups (broad SMARTS) is 1. The first-order valence-corrected chi connectivity index (χ1v) is 6.32. The fourth-order valence-electron chi connectivity index (χ4n) is 1.57. The van der Waals surface area contributed by atoms with Gasteiger partial charge in [-0.25, -0.2) is 4.79 Å². The third-order valence-electron chi connectivity index (χ3n) is 2.47. The molecule has 1 aromatic rings. The monoisotopic (exact) mass is 282 g/mol. The van der Waals surface area contributed by atoms with Crippen molar-refractivity contribution in [2.75, 3.05) is 5.33 Å². The van der Waals surface area contributed by atoms with Gasteiger partial charge in [0.1, 0.15) is 0 Å². The van der Waals surface area contributed by atoms with E-state index in [4.69, 9.17) is 5.11 Å². The zero-order chi connectivity index (χ0) is 12.0. The second-order valence-electron chi connectivity index (χ2n) is 3.60. The van der Waals surface area contributed by atoms with Crippen LogP contribution in [0.4, 0.5) is 0 Å². The van der Waals surface area contributed by atoms with Crippen molar-refractivity contribution in [3.05, 3.63) is 41.0 Å². The van der Waals surface area contributed by atoms with Crippen LogP contribution in [0.3, 0.4) is 0 Å². The van der Waals surface area contributed by atoms with E-state index in [1.165, 1.54) is 17.2 Å². The summed E-state index contributed by atoms with van der Waals surface area (Å²) in [5.74, 6) is -0.912. The SMILES string of the molecule is Cc1c(/C=C/C(=O)O)cccc1CCCBr. The highest BCUT2D eigenvalue weighted by molar-refractivity contribution is 9.09. The van der Waals surface area contributed by atoms with Crippen LogP contribution in [0.2, 0.25) is 0 Å². The van der Waals surface area contributed by atoms with E-state index in [9.17, 15) is 4.79 Å². The summed E-state index contributed by atoms with van der Waals surface area (Å²) in [7, 11) is 0. The first-order valence-electron chi connectivity index (χ1n) is 5.20. The highest BCUT2D eigenvalue weighted by Gasteiger charge is 2.01. The number of carbonyl (C=O) groups is 1. The van der Waals surface area contributed by atoms with Crippen LogP contribution >= 0.6 is 15.9 Å². The summed E-state index contributed by atoms with van der Waals surface area (Å²) in [6.45, 7) is 2.03. The van der Waals surface area contributed by atoms with Crippen molar-refractivity contribution in [3.63, 3.8) is 0 Å². The average Bonchev–Trinajstić information content (AvgIpc) is 2.26. The number of rotatable bonds is 5. The molecular weight excluding hydrogens is 268 g/mol. The van der Waals surface area contributed by atoms with Gasteiger partial charge in [-0.2, -0.15) is 0 Å². The summed E-state index contributed by atoms with van der Waals surface area (Å²) in [6.07, 6.45) is 4.94. The van der Waals surface area contributed by atoms with Gasteiger partial charge >= 0.3 is 5.97 Å². The van der Waals surface area contributed by atoms with Crippen molar-refractivity contribution < 1.29 is 9.90 Å². The zero-order valence-corrected chi connectivity index (χ0v) is 10.8. The van der Waals surface area contributed by atoms with Crippen molar-refractivity contribution >= 4 is 28.0 Å². The van der Waals surface area contributed by atoms with E-state index < -0.39 is 5.97 Å². The lowest BCUT2D eigenvalue weighted by atomic mass is 9.99. The van der Waals surface area contributed by atoms with E-state index in [2.05, 4.69) is 22.0 Å². The van der Waals surface area contributed by atoms with Crippen LogP contribution in [0, 0.1) is 6.92 Å². The largest absolute Gasteiger partial charge is 0.478 e. The van der Waals surface area contributed by atoms with E-state index in [1.54, 1.807) is 6.08 Å². The fraction of sp³-hybridized carbons (Fsp3) is 0.308. The summed E-state index contributed by atoms with van der Waals surface area (Å²) in [5.41, 5.74) is 3.43. The normalized spacial score (nSPS) is 10.9. The number of aliphatic carboxylic acids is 1. The molecule has 1 aromatic carbocycles. The van der Waals surface area contributed by atoms with Crippen LogP contribution in [0.1, 0.15) is 23.1 Å². The molecule has 1 rings (SSSR count). The number of benzene rings is 1. The van der Waals surface area contributed by atoms with Crippen LogP contribution in [0.5, 0.6) is 0 Å². The fourth-order valence-corrected chi connectivity index (χ4v) is 1.85. The second kappa shape index (κ2) is 6.48. The van der Waals surface area contributed by atoms with Crippen LogP contribution in [-0.4, -0.2) is 16.4 Å². The van der Waals surface area contributed by atoms with Gasteiger partial charge in [0.15, 0.2) is 0 Å². The summed E-state index contributed by atoms with van der Waals surface area (Å²) in [5, 5.41) is 9.57. The first-order chi connectivity index (χ1) is 7.65. The summed E-state index contributed by atoms with van der Waals surface area (Å²) < 4.78 is 0. The molecule has 86 valence electrons. The lowest BCUT2D eigenvalue weighted by Crippen LogP contribution is -1.93. The number of halogens is 1. The molecule has 0 aliphatic carbocycles. The predicted octanol–water partition coefficient (Wildman–Crippen LogP) is 3.42. The van der Waals surface area contributed by atoms with E-state index in [1.807, 2.05) is 19.1 Å². The Morgan fingerprint density at radius 3 is 2.88 bits per heavy atom. The molecule has 0 unspecified atom stereocenters. The molecule has 0 spiro atoms. The van der Waals surface area contributed by atoms with Crippen molar-refractivity contribution in [2.24, 2.45) is 0 Å². The van der Waals surface area contributed by atoms with E-state index in [0.717, 1.165) is 23.7 Å². The van der Waals surface area contributed by atoms with Gasteiger partial charge < -0.3 is 5.11 Å². The van der Waals surface area contributed by atoms with Crippen LogP contribution < -0.4 is 0 Å². The maximum atomic E-state index is 10.4. The summed E-state index contributed by atoms with van der Waals surface area (Å²) in [4.78, 5) is 10.4. The smallest absolute Gasteiger partial charge is 0.328 e. The van der Waals surface area contributed by atoms with Gasteiger partial charge in [-0.3, -0.25) is 0 Å². The minimum absolute atomic E-state index is 0.912. The number of hydrogen-bond acceptors (Lipinski definition) is 1. The molecule has 0 radical (unpaired) electrons. The van der Waals surface area contributed by atoms with Gasteiger partial charge in [0.2, 0.25) is 0 Å². The van der Waals surface area contributed by atoms with E-state index in [-0.39, 0.29) is 0 Å². The Kier molecular flexibility index (Phi) is 5.26. The highest BCUT2D eigenvalue weighted by atomic mass is 79.9. The highest BCUT2D eigenvalue weighted by Crippen LogP contribution is 2.17. The topological polar surface area (TPSA) is 37.3 Å². The molecule has 0 aliphatic heterocycles. The van der Waals surface area contributed by atoms with Gasteiger partial charge in [0, 0.05) is 11.4 Å². The molecule has 0 aliphatic rings. The zero-order valence-electron chi connectivity index (χ0n) is 9.24. The van der Waals surface area contributed by atoms with Crippen molar-refractivity contribution in [3.8, 4) is 0 Å². The summed E-state index contributed by atoms with van der Waals surface area (Å²) in [6, 6.07) is 6.00. The first kappa shape index (κ1) is 13.0. The quantitative estimate of drug-likeness (QED) is 0.664. The second-order valence-corrected chi connectivity index (χ2v) is 4.39. The molecule has 0 saturated heterocycles. The Morgan fingerprint density at radius 1 is 1.50 bits per heavy atom. The molecule has 0 bridgehead atoms. The molecule has 0 saturated carbocycles. The van der Waals surface area contributed by atoms with Gasteiger partial charge in [-0.1, -0.05) is 34.1 Å². The van der Waals surface area contributed by atoms with Gasteiger partial charge in [-0.15, -0.1) is 0 Å². The Balaban J connectivity index is 2.90. The lowest BCUT2D eigenvalue weighted by molar-refractivity contribution is -0.131. The molecule has 16 heavy (non-hydrogen) atoms. The standard InChI is InChI=1S/C13H15BrO2/c1-10-11(6-3-9-14)4-2-5-12(10)7-8-13(15)16/h2,4-5,7-8H,3,6,9H2,1H3,(H,15,16)/b8-7+. The minimum Gasteiger partial charge on any atom is -0.478 e. The van der Waals surface area contributed by atoms with Crippen LogP contribution in [0.25, 0.3) is 6.08 Å². The Bertz CT molecular complexity index is 397. The van der Waals surface area contributed by atoms with Crippen molar-refractivity contribution in [1.29, 1.82) is 0 Å². The predicted molar refractivity (Wildman–Crippen MR) is 70.0 cm³/mol. The molecule has 0 aromatic heterocycles. The lowest BCUT2D eigenvalue weighted by Gasteiger charge is -2.07. The molecular formula is C13H15BrO2. The molecule has 3 heteroatoms. The third kappa shape index (κ3) is 3.81. The maximum Gasteiger partial charge on any atom is 0.328 e. The summed E-state index contributed by atoms with van der Waals surface area (Å²) >= 11 is 3.41. The van der Waals surface area contributed by atoms with Gasteiger partial charge in [0.05, 0.1) is 0 Å². The minimum atomic E-state index is -0.912. The maximum absolute atomic E-state index is 10.4. The number of carboxylic acids is 1. The number of hydrogen-bond donors (Lipinski definition) is 1. The molecule has 1 N–H and O–H groups in total. The molecule has 0 heterocycles. The molecule has 2 nitrogen and oxygen atoms in total. The van der Waals surface area contributed by atoms with E-state index in [0.29, 0.717) is 0 Å². The Hall–Kier alpha value is -1.09. The molecule has 0 amide bonds. The van der Waals surface area contributed by atoms with Crippen molar-refractivity contribution in [2.45, 2.75) is 19.8 Å². The van der Waals surface area contributed by atoms with Crippen LogP contribution in [0.15, 0.2) is 24.3 Å². The molecule has 0 atom stereocenters. The third-order valence-corrected chi connectivity index (χ3v) is 3.03. The Labute approximate surface area is 104 Å². The Morgan fingerprint density at radius 2 is 2.25 bits per heavy atom. The van der Waals surface area contributed by atoms with Gasteiger partial charge in [0.25, 0.3) is 0 Å². The van der Waals surface area contributed by atoms with E-state index >= 15 is 0 Å². The average molecular weight is 283 g/mol. The molecule has 0 fully saturated rings. The van der Waals surface area contributed by atoms with Gasteiger partial charge in [-0.05, 0) is 42.5 Å².